The third-order valence-electron chi connectivity index (χ3n) is 3.24. The third-order valence-corrected chi connectivity index (χ3v) is 3.24. The van der Waals surface area contributed by atoms with E-state index in [1.54, 1.807) is 12.1 Å². The lowest BCUT2D eigenvalue weighted by Gasteiger charge is -2.21. The minimum atomic E-state index is -0.307. The molecule has 0 aliphatic carbocycles. The van der Waals surface area contributed by atoms with Crippen LogP contribution in [0.1, 0.15) is 19.8 Å². The second kappa shape index (κ2) is 5.77. The molecule has 1 atom stereocenters. The van der Waals surface area contributed by atoms with Gasteiger partial charge in [0.2, 0.25) is 11.8 Å². The van der Waals surface area contributed by atoms with Crippen LogP contribution in [0.5, 0.6) is 5.88 Å². The number of nitrogens with one attached hydrogen (secondary N) is 1. The van der Waals surface area contributed by atoms with Gasteiger partial charge < -0.3 is 20.7 Å². The Balaban J connectivity index is 2.01. The highest BCUT2D eigenvalue weighted by Crippen LogP contribution is 2.21. The zero-order chi connectivity index (χ0) is 13.8. The predicted octanol–water partition coefficient (Wildman–Crippen LogP) is 1.10. The SMILES string of the molecule is COc1nc(NC(C)C(=O)N2CCCC2)ccc1N. The third kappa shape index (κ3) is 3.07. The van der Waals surface area contributed by atoms with Crippen LogP contribution in [-0.4, -0.2) is 42.0 Å². The number of amides is 1. The monoisotopic (exact) mass is 264 g/mol. The number of carbonyl (C=O) groups is 1. The van der Waals surface area contributed by atoms with Gasteiger partial charge in [-0.1, -0.05) is 0 Å². The summed E-state index contributed by atoms with van der Waals surface area (Å²) in [7, 11) is 1.52. The number of aromatic nitrogens is 1. The van der Waals surface area contributed by atoms with Crippen molar-refractivity contribution in [3.05, 3.63) is 12.1 Å². The summed E-state index contributed by atoms with van der Waals surface area (Å²) in [5, 5.41) is 3.08. The molecule has 1 aliphatic heterocycles. The van der Waals surface area contributed by atoms with Crippen LogP contribution in [0.3, 0.4) is 0 Å². The van der Waals surface area contributed by atoms with E-state index < -0.39 is 0 Å². The lowest BCUT2D eigenvalue weighted by molar-refractivity contribution is -0.130. The maximum Gasteiger partial charge on any atom is 0.244 e. The van der Waals surface area contributed by atoms with Gasteiger partial charge in [-0.3, -0.25) is 4.79 Å². The number of methoxy groups -OCH3 is 1. The first-order valence-corrected chi connectivity index (χ1v) is 6.47. The Bertz CT molecular complexity index is 458. The van der Waals surface area contributed by atoms with Crippen molar-refractivity contribution < 1.29 is 9.53 Å². The van der Waals surface area contributed by atoms with Gasteiger partial charge in [0.15, 0.2) is 0 Å². The van der Waals surface area contributed by atoms with E-state index in [0.29, 0.717) is 17.4 Å². The van der Waals surface area contributed by atoms with Crippen LogP contribution in [0.25, 0.3) is 0 Å². The molecular formula is C13H20N4O2. The van der Waals surface area contributed by atoms with Crippen LogP contribution in [0.4, 0.5) is 11.5 Å². The largest absolute Gasteiger partial charge is 0.479 e. The Labute approximate surface area is 112 Å². The Hall–Kier alpha value is -1.98. The molecule has 0 spiro atoms. The van der Waals surface area contributed by atoms with E-state index in [1.165, 1.54) is 7.11 Å². The first kappa shape index (κ1) is 13.5. The van der Waals surface area contributed by atoms with Gasteiger partial charge in [-0.2, -0.15) is 4.98 Å². The van der Waals surface area contributed by atoms with Gasteiger partial charge in [0.25, 0.3) is 0 Å². The molecule has 6 heteroatoms. The summed E-state index contributed by atoms with van der Waals surface area (Å²) in [6.45, 7) is 3.54. The van der Waals surface area contributed by atoms with Crippen LogP contribution >= 0.6 is 0 Å². The molecule has 19 heavy (non-hydrogen) atoms. The Morgan fingerprint density at radius 1 is 1.47 bits per heavy atom. The Morgan fingerprint density at radius 3 is 2.79 bits per heavy atom. The van der Waals surface area contributed by atoms with Gasteiger partial charge >= 0.3 is 0 Å². The van der Waals surface area contributed by atoms with Gasteiger partial charge in [-0.05, 0) is 31.9 Å². The van der Waals surface area contributed by atoms with Crippen LogP contribution in [0, 0.1) is 0 Å². The normalized spacial score (nSPS) is 16.2. The van der Waals surface area contributed by atoms with Crippen LogP contribution in [0.15, 0.2) is 12.1 Å². The number of hydrogen-bond acceptors (Lipinski definition) is 5. The highest BCUT2D eigenvalue weighted by molar-refractivity contribution is 5.84. The minimum Gasteiger partial charge on any atom is -0.479 e. The maximum atomic E-state index is 12.2. The van der Waals surface area contributed by atoms with Gasteiger partial charge in [-0.25, -0.2) is 0 Å². The van der Waals surface area contributed by atoms with Gasteiger partial charge in [0, 0.05) is 13.1 Å². The molecule has 0 saturated carbocycles. The van der Waals surface area contributed by atoms with E-state index in [0.717, 1.165) is 25.9 Å². The molecule has 1 fully saturated rings. The molecule has 0 radical (unpaired) electrons. The molecule has 6 nitrogen and oxygen atoms in total. The number of nitrogen functional groups attached to an aromatic ring is 1. The van der Waals surface area contributed by atoms with Crippen molar-refractivity contribution in [1.29, 1.82) is 0 Å². The number of anilines is 2. The number of carbonyl (C=O) groups excluding carboxylic acids is 1. The quantitative estimate of drug-likeness (QED) is 0.851. The molecule has 2 heterocycles. The Morgan fingerprint density at radius 2 is 2.16 bits per heavy atom. The Kier molecular flexibility index (Phi) is 4.09. The number of hydrogen-bond donors (Lipinski definition) is 2. The van der Waals surface area contributed by atoms with E-state index in [2.05, 4.69) is 10.3 Å². The zero-order valence-electron chi connectivity index (χ0n) is 11.3. The highest BCUT2D eigenvalue weighted by Gasteiger charge is 2.23. The average molecular weight is 264 g/mol. The van der Waals surface area contributed by atoms with Crippen molar-refractivity contribution in [2.24, 2.45) is 0 Å². The minimum absolute atomic E-state index is 0.107. The van der Waals surface area contributed by atoms with Gasteiger partial charge in [0.1, 0.15) is 11.9 Å². The maximum absolute atomic E-state index is 12.2. The number of rotatable bonds is 4. The topological polar surface area (TPSA) is 80.5 Å². The molecule has 1 aliphatic rings. The fourth-order valence-corrected chi connectivity index (χ4v) is 2.19. The predicted molar refractivity (Wildman–Crippen MR) is 74.1 cm³/mol. The molecule has 1 saturated heterocycles. The molecule has 3 N–H and O–H groups in total. The van der Waals surface area contributed by atoms with Crippen molar-refractivity contribution in [3.8, 4) is 5.88 Å². The molecule has 1 aromatic rings. The van der Waals surface area contributed by atoms with Crippen molar-refractivity contribution in [2.75, 3.05) is 31.2 Å². The number of ether oxygens (including phenoxy) is 1. The van der Waals surface area contributed by atoms with Crippen molar-refractivity contribution in [3.63, 3.8) is 0 Å². The molecule has 104 valence electrons. The van der Waals surface area contributed by atoms with Crippen molar-refractivity contribution in [2.45, 2.75) is 25.8 Å². The molecule has 0 bridgehead atoms. The number of likely N-dealkylation sites (tertiary alicyclic amines) is 1. The first-order chi connectivity index (χ1) is 9.11. The summed E-state index contributed by atoms with van der Waals surface area (Å²) in [4.78, 5) is 18.2. The smallest absolute Gasteiger partial charge is 0.244 e. The fourth-order valence-electron chi connectivity index (χ4n) is 2.19. The van der Waals surface area contributed by atoms with Crippen LogP contribution in [0.2, 0.25) is 0 Å². The summed E-state index contributed by atoms with van der Waals surface area (Å²) in [6.07, 6.45) is 2.18. The van der Waals surface area contributed by atoms with Gasteiger partial charge in [-0.15, -0.1) is 0 Å². The van der Waals surface area contributed by atoms with Gasteiger partial charge in [0.05, 0.1) is 12.8 Å². The van der Waals surface area contributed by atoms with Crippen molar-refractivity contribution in [1.82, 2.24) is 9.88 Å². The van der Waals surface area contributed by atoms with Crippen LogP contribution in [-0.2, 0) is 4.79 Å². The molecule has 0 aromatic carbocycles. The molecule has 1 amide bonds. The summed E-state index contributed by atoms with van der Waals surface area (Å²) in [5.74, 6) is 1.06. The van der Waals surface area contributed by atoms with E-state index in [4.69, 9.17) is 10.5 Å². The molecule has 2 rings (SSSR count). The summed E-state index contributed by atoms with van der Waals surface area (Å²) >= 11 is 0. The van der Waals surface area contributed by atoms with E-state index in [9.17, 15) is 4.79 Å². The lowest BCUT2D eigenvalue weighted by atomic mass is 10.3. The molecule has 1 aromatic heterocycles. The summed E-state index contributed by atoms with van der Waals surface area (Å²) in [5.41, 5.74) is 6.18. The first-order valence-electron chi connectivity index (χ1n) is 6.47. The van der Waals surface area contributed by atoms with E-state index >= 15 is 0 Å². The zero-order valence-corrected chi connectivity index (χ0v) is 11.3. The highest BCUT2D eigenvalue weighted by atomic mass is 16.5. The average Bonchev–Trinajstić information content (AvgIpc) is 2.94. The second-order valence-electron chi connectivity index (χ2n) is 4.69. The van der Waals surface area contributed by atoms with Crippen molar-refractivity contribution >= 4 is 17.4 Å². The molecular weight excluding hydrogens is 244 g/mol. The van der Waals surface area contributed by atoms with E-state index in [-0.39, 0.29) is 11.9 Å². The summed E-state index contributed by atoms with van der Waals surface area (Å²) < 4.78 is 5.06. The van der Waals surface area contributed by atoms with Crippen LogP contribution < -0.4 is 15.8 Å². The fraction of sp³-hybridized carbons (Fsp3) is 0.538. The standard InChI is InChI=1S/C13H20N4O2/c1-9(13(18)17-7-3-4-8-17)15-11-6-5-10(14)12(16-11)19-2/h5-6,9H,3-4,7-8,14H2,1-2H3,(H,15,16). The van der Waals surface area contributed by atoms with E-state index in [1.807, 2.05) is 11.8 Å². The lowest BCUT2D eigenvalue weighted by Crippen LogP contribution is -2.39. The number of nitrogens with two attached hydrogens (primary N) is 1. The number of pyridine rings is 1. The summed E-state index contributed by atoms with van der Waals surface area (Å²) in [6, 6.07) is 3.14. The number of nitrogens with zero attached hydrogens (tertiary/aromatic N) is 2. The second-order valence-corrected chi connectivity index (χ2v) is 4.69. The molecule has 1 unspecified atom stereocenters.